The van der Waals surface area contributed by atoms with Crippen molar-refractivity contribution in [3.05, 3.63) is 72.3 Å². The van der Waals surface area contributed by atoms with Crippen LogP contribution in [0.2, 0.25) is 0 Å². The molecule has 27 heavy (non-hydrogen) atoms. The molecule has 0 aromatic heterocycles. The largest absolute Gasteiger partial charge is 0.755 e. The Morgan fingerprint density at radius 1 is 0.963 bits per heavy atom. The first-order valence-electron chi connectivity index (χ1n) is 8.10. The van der Waals surface area contributed by atoms with E-state index in [-0.39, 0.29) is 16.7 Å². The molecule has 0 saturated heterocycles. The highest BCUT2D eigenvalue weighted by atomic mass is 32.2. The summed E-state index contributed by atoms with van der Waals surface area (Å²) >= 11 is -1.58. The maximum Gasteiger partial charge on any atom is 0.186 e. The lowest BCUT2D eigenvalue weighted by molar-refractivity contribution is -0.109. The molecule has 138 valence electrons. The van der Waals surface area contributed by atoms with Crippen LogP contribution in [-0.2, 0) is 16.1 Å². The van der Waals surface area contributed by atoms with E-state index in [0.29, 0.717) is 16.9 Å². The van der Waals surface area contributed by atoms with Crippen LogP contribution in [0.1, 0.15) is 17.3 Å². The Bertz CT molecular complexity index is 1020. The molecule has 0 aliphatic carbocycles. The van der Waals surface area contributed by atoms with E-state index in [1.165, 1.54) is 11.2 Å². The first kappa shape index (κ1) is 19.3. The molecule has 3 aromatic carbocycles. The van der Waals surface area contributed by atoms with E-state index in [9.17, 15) is 18.4 Å². The highest BCUT2D eigenvalue weighted by molar-refractivity contribution is 8.14. The topological polar surface area (TPSA) is 77.5 Å². The van der Waals surface area contributed by atoms with Crippen molar-refractivity contribution in [3.63, 3.8) is 0 Å². The monoisotopic (exact) mass is 398 g/mol. The number of ketones is 1. The third kappa shape index (κ3) is 4.63. The van der Waals surface area contributed by atoms with Gasteiger partial charge in [-0.15, -0.1) is 0 Å². The van der Waals surface area contributed by atoms with Crippen molar-refractivity contribution in [2.24, 2.45) is 0 Å². The minimum atomic E-state index is -2.53. The van der Waals surface area contributed by atoms with E-state index in [1.807, 2.05) is 30.3 Å². The van der Waals surface area contributed by atoms with Crippen LogP contribution in [0, 0.1) is 0 Å². The molecular formula is C20H16NO4S2-. The lowest BCUT2D eigenvalue weighted by atomic mass is 10.1. The van der Waals surface area contributed by atoms with Crippen LogP contribution in [-0.4, -0.2) is 25.4 Å². The number of nitrogens with zero attached hydrogens (tertiary/aromatic N) is 1. The molecule has 0 aliphatic rings. The number of fused-ring (bicyclic) bond motifs is 1. The second-order valence-electron chi connectivity index (χ2n) is 5.79. The van der Waals surface area contributed by atoms with Gasteiger partial charge in [-0.3, -0.25) is 18.1 Å². The summed E-state index contributed by atoms with van der Waals surface area (Å²) in [5.41, 5.74) is 1.37. The first-order valence-corrected chi connectivity index (χ1v) is 10.1. The predicted molar refractivity (Wildman–Crippen MR) is 109 cm³/mol. The Kier molecular flexibility index (Phi) is 6.05. The summed E-state index contributed by atoms with van der Waals surface area (Å²) in [4.78, 5) is 23.1. The van der Waals surface area contributed by atoms with Gasteiger partial charge in [-0.25, -0.2) is 0 Å². The van der Waals surface area contributed by atoms with Crippen molar-refractivity contribution in [3.8, 4) is 0 Å². The fraction of sp³-hybridized carbons (Fsp3) is 0.100. The SMILES string of the molecule is CC(=O)SCC(=O)c1ccc(N(c2ccc3ccccc3c2)S(=O)[O-])cc1. The van der Waals surface area contributed by atoms with Gasteiger partial charge in [0, 0.05) is 12.5 Å². The lowest BCUT2D eigenvalue weighted by Gasteiger charge is -2.27. The van der Waals surface area contributed by atoms with E-state index in [0.717, 1.165) is 22.5 Å². The van der Waals surface area contributed by atoms with E-state index < -0.39 is 11.3 Å². The third-order valence-electron chi connectivity index (χ3n) is 3.95. The molecular weight excluding hydrogens is 382 g/mol. The summed E-state index contributed by atoms with van der Waals surface area (Å²) in [5, 5.41) is 1.82. The highest BCUT2D eigenvalue weighted by Gasteiger charge is 2.13. The number of benzene rings is 3. The number of hydrogen-bond donors (Lipinski definition) is 0. The molecule has 1 unspecified atom stereocenters. The second kappa shape index (κ2) is 8.47. The molecule has 5 nitrogen and oxygen atoms in total. The van der Waals surface area contributed by atoms with Gasteiger partial charge in [-0.2, -0.15) is 0 Å². The van der Waals surface area contributed by atoms with Crippen molar-refractivity contribution in [2.75, 3.05) is 10.1 Å². The van der Waals surface area contributed by atoms with Gasteiger partial charge in [-0.05, 0) is 47.2 Å². The summed E-state index contributed by atoms with van der Waals surface area (Å²) < 4.78 is 24.9. The van der Waals surface area contributed by atoms with Gasteiger partial charge >= 0.3 is 0 Å². The van der Waals surface area contributed by atoms with Crippen molar-refractivity contribution in [1.82, 2.24) is 0 Å². The van der Waals surface area contributed by atoms with Gasteiger partial charge in [0.25, 0.3) is 0 Å². The van der Waals surface area contributed by atoms with Crippen LogP contribution in [0.5, 0.6) is 0 Å². The molecule has 0 heterocycles. The maximum absolute atomic E-state index is 12.1. The predicted octanol–water partition coefficient (Wildman–Crippen LogP) is 4.23. The number of hydrogen-bond acceptors (Lipinski definition) is 5. The van der Waals surface area contributed by atoms with E-state index >= 15 is 0 Å². The zero-order valence-corrected chi connectivity index (χ0v) is 16.1. The summed E-state index contributed by atoms with van der Waals surface area (Å²) in [6.45, 7) is 1.41. The van der Waals surface area contributed by atoms with Crippen molar-refractivity contribution in [1.29, 1.82) is 0 Å². The van der Waals surface area contributed by atoms with Crippen LogP contribution in [0.15, 0.2) is 66.7 Å². The molecule has 3 aromatic rings. The Morgan fingerprint density at radius 3 is 2.22 bits per heavy atom. The molecule has 0 bridgehead atoms. The van der Waals surface area contributed by atoms with E-state index in [2.05, 4.69) is 0 Å². The number of Topliss-reactive ketones (excluding diaryl/α,β-unsaturated/α-hetero) is 1. The molecule has 0 saturated carbocycles. The van der Waals surface area contributed by atoms with Gasteiger partial charge in [0.05, 0.1) is 28.4 Å². The average Bonchev–Trinajstić information content (AvgIpc) is 2.66. The normalized spacial score (nSPS) is 11.9. The molecule has 0 aliphatic heterocycles. The third-order valence-corrected chi connectivity index (χ3v) is 5.48. The molecule has 0 radical (unpaired) electrons. The number of rotatable bonds is 6. The summed E-state index contributed by atoms with van der Waals surface area (Å²) in [6.07, 6.45) is 0. The Morgan fingerprint density at radius 2 is 1.59 bits per heavy atom. The average molecular weight is 398 g/mol. The standard InChI is InChI=1S/C20H17NO4S2/c1-14(22)26-13-20(23)16-7-9-18(10-8-16)21(27(24)25)19-11-6-15-4-2-3-5-17(15)12-19/h2-12H,13H2,1H3,(H,24,25)/p-1. The fourth-order valence-corrected chi connectivity index (χ4v) is 3.74. The second-order valence-corrected chi connectivity index (χ2v) is 7.74. The van der Waals surface area contributed by atoms with Crippen LogP contribution >= 0.6 is 11.8 Å². The van der Waals surface area contributed by atoms with Gasteiger partial charge in [0.1, 0.15) is 0 Å². The Labute approximate surface area is 163 Å². The zero-order valence-electron chi connectivity index (χ0n) is 14.5. The molecule has 3 rings (SSSR count). The van der Waals surface area contributed by atoms with Crippen molar-refractivity contribution in [2.45, 2.75) is 6.92 Å². The van der Waals surface area contributed by atoms with Crippen LogP contribution < -0.4 is 4.31 Å². The molecule has 7 heteroatoms. The number of carbonyl (C=O) groups excluding carboxylic acids is 2. The van der Waals surface area contributed by atoms with Gasteiger partial charge in [0.2, 0.25) is 0 Å². The summed E-state index contributed by atoms with van der Waals surface area (Å²) in [7, 11) is 0. The van der Waals surface area contributed by atoms with Crippen LogP contribution in [0.3, 0.4) is 0 Å². The van der Waals surface area contributed by atoms with E-state index in [4.69, 9.17) is 0 Å². The minimum Gasteiger partial charge on any atom is -0.755 e. The summed E-state index contributed by atoms with van der Waals surface area (Å²) in [6, 6.07) is 19.4. The molecule has 0 N–H and O–H groups in total. The number of anilines is 2. The number of thioether (sulfide) groups is 1. The van der Waals surface area contributed by atoms with Gasteiger partial charge < -0.3 is 4.55 Å². The first-order chi connectivity index (χ1) is 13.0. The minimum absolute atomic E-state index is 0.0660. The lowest BCUT2D eigenvalue weighted by Crippen LogP contribution is -2.19. The Hall–Kier alpha value is -2.48. The van der Waals surface area contributed by atoms with Crippen LogP contribution in [0.25, 0.3) is 10.8 Å². The Balaban J connectivity index is 1.89. The molecule has 0 amide bonds. The zero-order chi connectivity index (χ0) is 19.4. The van der Waals surface area contributed by atoms with Gasteiger partial charge in [0.15, 0.2) is 10.9 Å². The number of carbonyl (C=O) groups is 2. The molecule has 1 atom stereocenters. The summed E-state index contributed by atoms with van der Waals surface area (Å²) in [5.74, 6) is -0.112. The van der Waals surface area contributed by atoms with Crippen LogP contribution in [0.4, 0.5) is 11.4 Å². The molecule has 0 fully saturated rings. The fourth-order valence-electron chi connectivity index (χ4n) is 2.66. The van der Waals surface area contributed by atoms with Gasteiger partial charge in [-0.1, -0.05) is 42.1 Å². The highest BCUT2D eigenvalue weighted by Crippen LogP contribution is 2.30. The molecule has 0 spiro atoms. The quantitative estimate of drug-likeness (QED) is 0.459. The van der Waals surface area contributed by atoms with E-state index in [1.54, 1.807) is 36.4 Å². The smallest absolute Gasteiger partial charge is 0.186 e. The maximum atomic E-state index is 12.1. The van der Waals surface area contributed by atoms with Crippen molar-refractivity contribution >= 4 is 56.1 Å². The van der Waals surface area contributed by atoms with Crippen molar-refractivity contribution < 1.29 is 18.4 Å².